The summed E-state index contributed by atoms with van der Waals surface area (Å²) in [6.45, 7) is 0. The van der Waals surface area contributed by atoms with Crippen LogP contribution in [0.3, 0.4) is 0 Å². The van der Waals surface area contributed by atoms with Crippen LogP contribution >= 0.6 is 0 Å². The van der Waals surface area contributed by atoms with Gasteiger partial charge in [0.05, 0.1) is 0 Å². The van der Waals surface area contributed by atoms with Crippen molar-refractivity contribution in [2.24, 2.45) is 0 Å². The van der Waals surface area contributed by atoms with Crippen molar-refractivity contribution in [3.63, 3.8) is 0 Å². The molecular formula is C23H18O2. The largest absolute Gasteiger partial charge is 0.508 e. The summed E-state index contributed by atoms with van der Waals surface area (Å²) in [4.78, 5) is 11.5. The zero-order valence-electron chi connectivity index (χ0n) is 13.8. The number of hydrogen-bond donors (Lipinski definition) is 1. The van der Waals surface area contributed by atoms with Crippen molar-refractivity contribution in [1.29, 1.82) is 0 Å². The molecule has 0 unspecified atom stereocenters. The molecule has 1 aliphatic rings. The van der Waals surface area contributed by atoms with E-state index in [1.807, 2.05) is 30.3 Å². The topological polar surface area (TPSA) is 37.3 Å². The molecule has 0 spiro atoms. The minimum atomic E-state index is 0.248. The molecule has 0 radical (unpaired) electrons. The Morgan fingerprint density at radius 1 is 0.840 bits per heavy atom. The molecule has 0 fully saturated rings. The molecule has 122 valence electrons. The van der Waals surface area contributed by atoms with E-state index in [0.29, 0.717) is 0 Å². The summed E-state index contributed by atoms with van der Waals surface area (Å²) in [5.74, 6) is 0.248. The average Bonchev–Trinajstić information content (AvgIpc) is 2.79. The first kappa shape index (κ1) is 15.4. The minimum Gasteiger partial charge on any atom is -0.508 e. The Labute approximate surface area is 147 Å². The van der Waals surface area contributed by atoms with Gasteiger partial charge in [-0.2, -0.15) is 0 Å². The van der Waals surface area contributed by atoms with Crippen molar-refractivity contribution in [3.05, 3.63) is 100 Å². The predicted octanol–water partition coefficient (Wildman–Crippen LogP) is 4.89. The van der Waals surface area contributed by atoms with Crippen LogP contribution in [-0.2, 0) is 12.8 Å². The molecule has 2 nitrogen and oxygen atoms in total. The van der Waals surface area contributed by atoms with E-state index in [9.17, 15) is 9.90 Å². The van der Waals surface area contributed by atoms with Gasteiger partial charge in [-0.3, -0.25) is 4.79 Å². The fraction of sp³-hybridized carbons (Fsp3) is 0.0870. The molecule has 0 heterocycles. The molecule has 0 amide bonds. The Morgan fingerprint density at radius 3 is 2.48 bits per heavy atom. The number of aryl methyl sites for hydroxylation is 1. The molecule has 3 aromatic carbocycles. The molecule has 0 bridgehead atoms. The lowest BCUT2D eigenvalue weighted by Crippen LogP contribution is -1.98. The molecule has 1 N–H and O–H groups in total. The van der Waals surface area contributed by atoms with Crippen LogP contribution in [0.1, 0.15) is 38.2 Å². The summed E-state index contributed by atoms with van der Waals surface area (Å²) in [6, 6.07) is 21.5. The zero-order valence-corrected chi connectivity index (χ0v) is 13.8. The number of phenolic OH excluding ortho intramolecular Hbond substituents is 1. The molecular weight excluding hydrogens is 308 g/mol. The van der Waals surface area contributed by atoms with Crippen LogP contribution in [0.5, 0.6) is 5.75 Å². The molecule has 0 aliphatic heterocycles. The van der Waals surface area contributed by atoms with E-state index in [0.717, 1.165) is 47.0 Å². The normalized spacial score (nSPS) is 14.5. The van der Waals surface area contributed by atoms with Gasteiger partial charge in [0.1, 0.15) is 12.0 Å². The number of carbonyl (C=O) groups is 1. The Hall–Kier alpha value is -3.13. The van der Waals surface area contributed by atoms with E-state index in [4.69, 9.17) is 0 Å². The number of aldehydes is 1. The minimum absolute atomic E-state index is 0.248. The van der Waals surface area contributed by atoms with Crippen molar-refractivity contribution < 1.29 is 9.90 Å². The lowest BCUT2D eigenvalue weighted by atomic mass is 9.91. The van der Waals surface area contributed by atoms with Gasteiger partial charge in [-0.1, -0.05) is 54.6 Å². The second kappa shape index (κ2) is 6.40. The number of fused-ring (bicyclic) bond motifs is 2. The van der Waals surface area contributed by atoms with Gasteiger partial charge in [0.2, 0.25) is 0 Å². The standard InChI is InChI=1S/C23H18O2/c24-15-18-7-4-10-22-21(18)12-11-17-6-1-2-9-20(17)23(22)14-16-5-3-8-19(25)13-16/h1-10,13-15,25H,11-12H2. The quantitative estimate of drug-likeness (QED) is 0.681. The van der Waals surface area contributed by atoms with Crippen molar-refractivity contribution in [2.75, 3.05) is 0 Å². The van der Waals surface area contributed by atoms with Crippen molar-refractivity contribution in [3.8, 4) is 5.75 Å². The number of carbonyl (C=O) groups excluding carboxylic acids is 1. The number of hydrogen-bond acceptors (Lipinski definition) is 2. The Kier molecular flexibility index (Phi) is 3.95. The Morgan fingerprint density at radius 2 is 1.64 bits per heavy atom. The molecule has 4 rings (SSSR count). The maximum Gasteiger partial charge on any atom is 0.150 e. The second-order valence-corrected chi connectivity index (χ2v) is 6.30. The number of benzene rings is 3. The maximum absolute atomic E-state index is 11.5. The summed E-state index contributed by atoms with van der Waals surface area (Å²) in [5, 5.41) is 9.80. The molecule has 25 heavy (non-hydrogen) atoms. The van der Waals surface area contributed by atoms with Crippen LogP contribution in [0, 0.1) is 0 Å². The summed E-state index contributed by atoms with van der Waals surface area (Å²) in [5.41, 5.74) is 7.45. The highest BCUT2D eigenvalue weighted by Crippen LogP contribution is 2.36. The molecule has 0 saturated carbocycles. The second-order valence-electron chi connectivity index (χ2n) is 6.30. The first-order valence-electron chi connectivity index (χ1n) is 8.43. The van der Waals surface area contributed by atoms with Crippen LogP contribution in [0.4, 0.5) is 0 Å². The smallest absolute Gasteiger partial charge is 0.150 e. The maximum atomic E-state index is 11.5. The fourth-order valence-corrected chi connectivity index (χ4v) is 3.59. The number of rotatable bonds is 2. The van der Waals surface area contributed by atoms with E-state index in [1.54, 1.807) is 12.1 Å². The number of aromatic hydroxyl groups is 1. The van der Waals surface area contributed by atoms with Crippen LogP contribution in [-0.4, -0.2) is 11.4 Å². The van der Waals surface area contributed by atoms with Crippen LogP contribution < -0.4 is 0 Å². The van der Waals surface area contributed by atoms with Crippen LogP contribution in [0.2, 0.25) is 0 Å². The van der Waals surface area contributed by atoms with Gasteiger partial charge in [-0.05, 0) is 64.4 Å². The molecule has 0 saturated heterocycles. The SMILES string of the molecule is O=Cc1cccc2c1CCc1ccccc1C2=Cc1cccc(O)c1. The van der Waals surface area contributed by atoms with Crippen molar-refractivity contribution in [2.45, 2.75) is 12.8 Å². The third-order valence-corrected chi connectivity index (χ3v) is 4.76. The summed E-state index contributed by atoms with van der Waals surface area (Å²) in [7, 11) is 0. The van der Waals surface area contributed by atoms with Crippen molar-refractivity contribution >= 4 is 17.9 Å². The monoisotopic (exact) mass is 326 g/mol. The third-order valence-electron chi connectivity index (χ3n) is 4.76. The third kappa shape index (κ3) is 2.87. The van der Waals surface area contributed by atoms with E-state index in [1.165, 1.54) is 11.1 Å². The zero-order chi connectivity index (χ0) is 17.2. The average molecular weight is 326 g/mol. The molecule has 0 atom stereocenters. The van der Waals surface area contributed by atoms with E-state index in [2.05, 4.69) is 30.3 Å². The molecule has 2 heteroatoms. The fourth-order valence-electron chi connectivity index (χ4n) is 3.59. The lowest BCUT2D eigenvalue weighted by molar-refractivity contribution is 0.112. The lowest BCUT2D eigenvalue weighted by Gasteiger charge is -2.13. The number of phenols is 1. The van der Waals surface area contributed by atoms with Crippen LogP contribution in [0.15, 0.2) is 66.7 Å². The summed E-state index contributed by atoms with van der Waals surface area (Å²) < 4.78 is 0. The van der Waals surface area contributed by atoms with Crippen molar-refractivity contribution in [1.82, 2.24) is 0 Å². The van der Waals surface area contributed by atoms with Gasteiger partial charge < -0.3 is 5.11 Å². The Balaban J connectivity index is 2.00. The first-order valence-corrected chi connectivity index (χ1v) is 8.43. The highest BCUT2D eigenvalue weighted by Gasteiger charge is 2.19. The highest BCUT2D eigenvalue weighted by atomic mass is 16.3. The predicted molar refractivity (Wildman–Crippen MR) is 101 cm³/mol. The van der Waals surface area contributed by atoms with Gasteiger partial charge in [0.25, 0.3) is 0 Å². The molecule has 3 aromatic rings. The van der Waals surface area contributed by atoms with Gasteiger partial charge in [0.15, 0.2) is 0 Å². The van der Waals surface area contributed by atoms with Gasteiger partial charge >= 0.3 is 0 Å². The summed E-state index contributed by atoms with van der Waals surface area (Å²) >= 11 is 0. The van der Waals surface area contributed by atoms with Gasteiger partial charge in [-0.15, -0.1) is 0 Å². The molecule has 1 aliphatic carbocycles. The Bertz CT molecular complexity index is 983. The summed E-state index contributed by atoms with van der Waals surface area (Å²) in [6.07, 6.45) is 4.79. The first-order chi connectivity index (χ1) is 12.3. The van der Waals surface area contributed by atoms with E-state index >= 15 is 0 Å². The highest BCUT2D eigenvalue weighted by molar-refractivity contribution is 5.96. The van der Waals surface area contributed by atoms with E-state index in [-0.39, 0.29) is 5.75 Å². The van der Waals surface area contributed by atoms with Gasteiger partial charge in [0, 0.05) is 5.56 Å². The molecule has 0 aromatic heterocycles. The van der Waals surface area contributed by atoms with E-state index < -0.39 is 0 Å². The van der Waals surface area contributed by atoms with Crippen LogP contribution in [0.25, 0.3) is 11.6 Å². The van der Waals surface area contributed by atoms with Gasteiger partial charge in [-0.25, -0.2) is 0 Å².